The molecule has 0 spiro atoms. The summed E-state index contributed by atoms with van der Waals surface area (Å²) >= 11 is 1.62. The van der Waals surface area contributed by atoms with E-state index in [2.05, 4.69) is 49.4 Å². The Morgan fingerprint density at radius 3 is 2.79 bits per heavy atom. The van der Waals surface area contributed by atoms with E-state index in [-0.39, 0.29) is 0 Å². The van der Waals surface area contributed by atoms with Crippen LogP contribution in [0.3, 0.4) is 0 Å². The van der Waals surface area contributed by atoms with Crippen LogP contribution in [0.4, 0.5) is 0 Å². The fraction of sp³-hybridized carbons (Fsp3) is 0.273. The fourth-order valence-electron chi connectivity index (χ4n) is 3.45. The van der Waals surface area contributed by atoms with Gasteiger partial charge in [-0.1, -0.05) is 30.3 Å². The monoisotopic (exact) mass is 407 g/mol. The number of rotatable bonds is 6. The van der Waals surface area contributed by atoms with E-state index in [4.69, 9.17) is 0 Å². The van der Waals surface area contributed by atoms with Crippen molar-refractivity contribution in [2.45, 2.75) is 19.6 Å². The number of nitrogens with zero attached hydrogens (tertiary/aromatic N) is 3. The van der Waals surface area contributed by atoms with Crippen LogP contribution in [0.15, 0.2) is 59.6 Å². The van der Waals surface area contributed by atoms with E-state index < -0.39 is 6.10 Å². The molecule has 3 N–H and O–H groups in total. The number of aliphatic hydroxyl groups is 1. The number of aromatic nitrogens is 2. The number of para-hydroxylation sites is 2. The number of hydrogen-bond donors (Lipinski definition) is 3. The Kier molecular flexibility index (Phi) is 5.78. The van der Waals surface area contributed by atoms with Gasteiger partial charge in [-0.15, -0.1) is 11.3 Å². The summed E-state index contributed by atoms with van der Waals surface area (Å²) in [7, 11) is 1.74. The Morgan fingerprint density at radius 1 is 1.17 bits per heavy atom. The second-order valence-corrected chi connectivity index (χ2v) is 8.00. The normalized spacial score (nSPS) is 13.1. The summed E-state index contributed by atoms with van der Waals surface area (Å²) in [5, 5.41) is 18.2. The lowest BCUT2D eigenvalue weighted by Gasteiger charge is -2.15. The lowest BCUT2D eigenvalue weighted by molar-refractivity contribution is 0.184. The van der Waals surface area contributed by atoms with E-state index in [0.29, 0.717) is 19.0 Å². The summed E-state index contributed by atoms with van der Waals surface area (Å²) in [6.45, 7) is 3.92. The SMILES string of the molecule is CN=C(NCCn1c(C)nc2ccccc21)NCC(O)c1cc2ccccc2s1. The van der Waals surface area contributed by atoms with Crippen LogP contribution in [0.2, 0.25) is 0 Å². The Bertz CT molecular complexity index is 1110. The lowest BCUT2D eigenvalue weighted by Crippen LogP contribution is -2.40. The topological polar surface area (TPSA) is 74.5 Å². The van der Waals surface area contributed by atoms with Gasteiger partial charge in [0.15, 0.2) is 5.96 Å². The van der Waals surface area contributed by atoms with Gasteiger partial charge in [-0.25, -0.2) is 4.98 Å². The van der Waals surface area contributed by atoms with Crippen LogP contribution < -0.4 is 10.6 Å². The molecule has 0 saturated carbocycles. The number of hydrogen-bond acceptors (Lipinski definition) is 4. The van der Waals surface area contributed by atoms with Gasteiger partial charge in [0.05, 0.1) is 11.0 Å². The molecule has 2 aromatic carbocycles. The highest BCUT2D eigenvalue weighted by Crippen LogP contribution is 2.29. The van der Waals surface area contributed by atoms with E-state index in [1.165, 1.54) is 4.70 Å². The predicted molar refractivity (Wildman–Crippen MR) is 121 cm³/mol. The Morgan fingerprint density at radius 2 is 1.97 bits per heavy atom. The third-order valence-electron chi connectivity index (χ3n) is 4.93. The molecule has 1 atom stereocenters. The van der Waals surface area contributed by atoms with Crippen molar-refractivity contribution >= 4 is 38.4 Å². The number of fused-ring (bicyclic) bond motifs is 2. The molecule has 4 rings (SSSR count). The Labute approximate surface area is 173 Å². The van der Waals surface area contributed by atoms with Gasteiger partial charge in [0.25, 0.3) is 0 Å². The summed E-state index contributed by atoms with van der Waals surface area (Å²) in [4.78, 5) is 9.81. The van der Waals surface area contributed by atoms with Crippen LogP contribution in [-0.2, 0) is 6.54 Å². The van der Waals surface area contributed by atoms with Crippen LogP contribution in [0, 0.1) is 6.92 Å². The summed E-state index contributed by atoms with van der Waals surface area (Å²) in [6, 6.07) is 18.4. The molecule has 4 aromatic rings. The highest BCUT2D eigenvalue weighted by molar-refractivity contribution is 7.19. The van der Waals surface area contributed by atoms with Gasteiger partial charge in [-0.3, -0.25) is 4.99 Å². The maximum absolute atomic E-state index is 10.5. The number of aliphatic hydroxyl groups excluding tert-OH is 1. The minimum atomic E-state index is -0.578. The van der Waals surface area contributed by atoms with Gasteiger partial charge >= 0.3 is 0 Å². The number of aliphatic imine (C=N–C) groups is 1. The fourth-order valence-corrected chi connectivity index (χ4v) is 4.50. The average Bonchev–Trinajstić information content (AvgIpc) is 3.31. The smallest absolute Gasteiger partial charge is 0.191 e. The van der Waals surface area contributed by atoms with Crippen molar-refractivity contribution in [2.75, 3.05) is 20.1 Å². The van der Waals surface area contributed by atoms with Gasteiger partial charge in [0.1, 0.15) is 11.9 Å². The number of aryl methyl sites for hydroxylation is 1. The zero-order valence-electron chi connectivity index (χ0n) is 16.6. The van der Waals surface area contributed by atoms with Crippen molar-refractivity contribution in [3.63, 3.8) is 0 Å². The minimum absolute atomic E-state index is 0.402. The third-order valence-corrected chi connectivity index (χ3v) is 6.15. The van der Waals surface area contributed by atoms with Gasteiger partial charge in [-0.05, 0) is 36.6 Å². The van der Waals surface area contributed by atoms with E-state index in [0.717, 1.165) is 33.7 Å². The van der Waals surface area contributed by atoms with E-state index in [1.54, 1.807) is 18.4 Å². The predicted octanol–water partition coefficient (Wildman–Crippen LogP) is 3.46. The zero-order valence-corrected chi connectivity index (χ0v) is 17.4. The number of guanidine groups is 1. The molecule has 0 radical (unpaired) electrons. The first-order valence-corrected chi connectivity index (χ1v) is 10.5. The summed E-state index contributed by atoms with van der Waals surface area (Å²) in [6.07, 6.45) is -0.578. The van der Waals surface area contributed by atoms with Crippen molar-refractivity contribution in [1.29, 1.82) is 0 Å². The molecule has 29 heavy (non-hydrogen) atoms. The molecule has 0 saturated heterocycles. The van der Waals surface area contributed by atoms with E-state index >= 15 is 0 Å². The number of benzene rings is 2. The molecule has 6 nitrogen and oxygen atoms in total. The van der Waals surface area contributed by atoms with Crippen LogP contribution in [0.5, 0.6) is 0 Å². The van der Waals surface area contributed by atoms with Gasteiger partial charge in [0.2, 0.25) is 0 Å². The van der Waals surface area contributed by atoms with Gasteiger partial charge < -0.3 is 20.3 Å². The van der Waals surface area contributed by atoms with Crippen LogP contribution >= 0.6 is 11.3 Å². The molecule has 0 amide bonds. The first kappa shape index (κ1) is 19.4. The minimum Gasteiger partial charge on any atom is -0.386 e. The van der Waals surface area contributed by atoms with Crippen LogP contribution in [0.1, 0.15) is 16.8 Å². The van der Waals surface area contributed by atoms with Crippen molar-refractivity contribution in [2.24, 2.45) is 4.99 Å². The van der Waals surface area contributed by atoms with E-state index in [9.17, 15) is 5.11 Å². The summed E-state index contributed by atoms with van der Waals surface area (Å²) in [5.74, 6) is 1.67. The van der Waals surface area contributed by atoms with Gasteiger partial charge in [0, 0.05) is 36.3 Å². The molecule has 150 valence electrons. The van der Waals surface area contributed by atoms with Crippen LogP contribution in [-0.4, -0.2) is 40.8 Å². The maximum Gasteiger partial charge on any atom is 0.191 e. The van der Waals surface area contributed by atoms with Crippen molar-refractivity contribution in [3.8, 4) is 0 Å². The molecule has 2 heterocycles. The zero-order chi connectivity index (χ0) is 20.2. The molecule has 0 aliphatic heterocycles. The Hall–Kier alpha value is -2.90. The maximum atomic E-state index is 10.5. The quantitative estimate of drug-likeness (QED) is 0.338. The first-order valence-electron chi connectivity index (χ1n) is 9.68. The molecule has 0 aliphatic carbocycles. The first-order chi connectivity index (χ1) is 14.2. The third kappa shape index (κ3) is 4.26. The number of thiophene rings is 1. The van der Waals surface area contributed by atoms with E-state index in [1.807, 2.05) is 37.3 Å². The summed E-state index contributed by atoms with van der Waals surface area (Å²) in [5.41, 5.74) is 2.15. The second kappa shape index (κ2) is 8.63. The molecule has 1 unspecified atom stereocenters. The average molecular weight is 408 g/mol. The number of imidazole rings is 1. The lowest BCUT2D eigenvalue weighted by atomic mass is 10.2. The molecule has 0 bridgehead atoms. The molecule has 2 aromatic heterocycles. The molecular formula is C22H25N5OS. The highest BCUT2D eigenvalue weighted by Gasteiger charge is 2.12. The van der Waals surface area contributed by atoms with Crippen LogP contribution in [0.25, 0.3) is 21.1 Å². The molecule has 0 fully saturated rings. The molecule has 7 heteroatoms. The Balaban J connectivity index is 1.32. The van der Waals surface area contributed by atoms with Crippen molar-refractivity contribution in [3.05, 3.63) is 65.3 Å². The van der Waals surface area contributed by atoms with Crippen molar-refractivity contribution < 1.29 is 5.11 Å². The highest BCUT2D eigenvalue weighted by atomic mass is 32.1. The summed E-state index contributed by atoms with van der Waals surface area (Å²) < 4.78 is 3.38. The van der Waals surface area contributed by atoms with Crippen molar-refractivity contribution in [1.82, 2.24) is 20.2 Å². The molecule has 0 aliphatic rings. The number of nitrogens with one attached hydrogen (secondary N) is 2. The second-order valence-electron chi connectivity index (χ2n) is 6.88. The standard InChI is InChI=1S/C22H25N5OS/c1-15-26-17-8-4-5-9-18(17)27(15)12-11-24-22(23-2)25-14-19(28)21-13-16-7-3-6-10-20(16)29-21/h3-10,13,19,28H,11-12,14H2,1-2H3,(H2,23,24,25). The van der Waals surface area contributed by atoms with Gasteiger partial charge in [-0.2, -0.15) is 0 Å². The largest absolute Gasteiger partial charge is 0.386 e. The molecular weight excluding hydrogens is 382 g/mol.